The summed E-state index contributed by atoms with van der Waals surface area (Å²) in [5.41, 5.74) is 0. The van der Waals surface area contributed by atoms with Crippen LogP contribution in [0.3, 0.4) is 0 Å². The Kier molecular flexibility index (Phi) is 8.00. The van der Waals surface area contributed by atoms with Gasteiger partial charge in [0.15, 0.2) is 5.75 Å². The first-order valence-electron chi connectivity index (χ1n) is 9.23. The summed E-state index contributed by atoms with van der Waals surface area (Å²) in [5.74, 6) is 4.02. The Hall–Kier alpha value is -1.32. The van der Waals surface area contributed by atoms with E-state index in [2.05, 4.69) is 79.6 Å². The number of benzene rings is 4. The highest BCUT2D eigenvalue weighted by Gasteiger charge is 2.19. The lowest BCUT2D eigenvalue weighted by molar-refractivity contribution is 0.455. The molecule has 0 aliphatic rings. The lowest BCUT2D eigenvalue weighted by atomic mass is 10.3. The normalized spacial score (nSPS) is 10.7. The Morgan fingerprint density at radius 1 is 0.438 bits per heavy atom. The Bertz CT molecular complexity index is 1250. The molecule has 3 nitrogen and oxygen atoms in total. The summed E-state index contributed by atoms with van der Waals surface area (Å²) in [6, 6.07) is 24.7. The first kappa shape index (κ1) is 23.8. The van der Waals surface area contributed by atoms with Crippen molar-refractivity contribution in [2.24, 2.45) is 0 Å². The summed E-state index contributed by atoms with van der Waals surface area (Å²) in [6.45, 7) is 0. The molecule has 0 saturated carbocycles. The lowest BCUT2D eigenvalue weighted by Gasteiger charge is -2.17. The smallest absolute Gasteiger partial charge is 0.157 e. The molecule has 0 atom stereocenters. The molecule has 4 aromatic rings. The monoisotopic (exact) mass is 744 g/mol. The van der Waals surface area contributed by atoms with Crippen molar-refractivity contribution in [2.75, 3.05) is 0 Å². The van der Waals surface area contributed by atoms with E-state index in [4.69, 9.17) is 14.2 Å². The molecule has 0 radical (unpaired) electrons. The van der Waals surface area contributed by atoms with Crippen LogP contribution in [0.4, 0.5) is 0 Å². The van der Waals surface area contributed by atoms with Gasteiger partial charge in [-0.05, 0) is 116 Å². The van der Waals surface area contributed by atoms with Crippen molar-refractivity contribution >= 4 is 79.6 Å². The third kappa shape index (κ3) is 5.42. The number of rotatable bonds is 6. The fraction of sp³-hybridized carbons (Fsp3) is 0. The van der Waals surface area contributed by atoms with E-state index < -0.39 is 0 Å². The minimum Gasteiger partial charge on any atom is -0.456 e. The Labute approximate surface area is 227 Å². The van der Waals surface area contributed by atoms with Gasteiger partial charge in [0, 0.05) is 6.07 Å². The SMILES string of the molecule is Brc1cc(Oc2ccc(Oc3ccccc3)c(Br)c2Br)c(Br)c(Br)c1Oc1ccccc1. The maximum absolute atomic E-state index is 6.20. The van der Waals surface area contributed by atoms with E-state index in [9.17, 15) is 0 Å². The molecule has 8 heteroatoms. The molecule has 0 spiro atoms. The van der Waals surface area contributed by atoms with Gasteiger partial charge in [0.25, 0.3) is 0 Å². The van der Waals surface area contributed by atoms with Crippen LogP contribution in [-0.2, 0) is 0 Å². The molecule has 162 valence electrons. The van der Waals surface area contributed by atoms with Crippen LogP contribution < -0.4 is 14.2 Å². The highest BCUT2D eigenvalue weighted by Crippen LogP contribution is 2.49. The molecular formula is C24H13Br5O3. The molecule has 0 saturated heterocycles. The second kappa shape index (κ2) is 10.7. The number of hydrogen-bond acceptors (Lipinski definition) is 3. The van der Waals surface area contributed by atoms with Crippen LogP contribution in [0.1, 0.15) is 0 Å². The molecule has 32 heavy (non-hydrogen) atoms. The van der Waals surface area contributed by atoms with Gasteiger partial charge in [-0.3, -0.25) is 0 Å². The highest BCUT2D eigenvalue weighted by atomic mass is 79.9. The second-order valence-electron chi connectivity index (χ2n) is 6.44. The molecule has 4 rings (SSSR count). The van der Waals surface area contributed by atoms with Gasteiger partial charge in [-0.15, -0.1) is 0 Å². The molecule has 0 N–H and O–H groups in total. The summed E-state index contributed by atoms with van der Waals surface area (Å²) in [5, 5.41) is 0. The van der Waals surface area contributed by atoms with Gasteiger partial charge < -0.3 is 14.2 Å². The molecule has 0 aromatic heterocycles. The van der Waals surface area contributed by atoms with E-state index in [0.717, 1.165) is 33.9 Å². The Morgan fingerprint density at radius 3 is 1.47 bits per heavy atom. The fourth-order valence-corrected chi connectivity index (χ4v) is 5.17. The van der Waals surface area contributed by atoms with Crippen LogP contribution in [0.25, 0.3) is 0 Å². The zero-order chi connectivity index (χ0) is 22.7. The van der Waals surface area contributed by atoms with Crippen LogP contribution in [-0.4, -0.2) is 0 Å². The summed E-state index contributed by atoms with van der Waals surface area (Å²) in [4.78, 5) is 0. The minimum atomic E-state index is 0.605. The number of ether oxygens (including phenoxy) is 3. The summed E-state index contributed by atoms with van der Waals surface area (Å²) < 4.78 is 21.9. The molecule has 0 aliphatic heterocycles. The standard InChI is InChI=1S/C24H13Br5O3/c25-16-13-19(22(28)23(29)24(16)31-15-9-5-2-6-10-15)32-18-12-11-17(20(26)21(18)27)30-14-7-3-1-4-8-14/h1-13H. The van der Waals surface area contributed by atoms with Gasteiger partial charge >= 0.3 is 0 Å². The average Bonchev–Trinajstić information content (AvgIpc) is 2.81. The van der Waals surface area contributed by atoms with Crippen LogP contribution in [0.15, 0.2) is 101 Å². The van der Waals surface area contributed by atoms with Crippen molar-refractivity contribution in [1.82, 2.24) is 0 Å². The van der Waals surface area contributed by atoms with Gasteiger partial charge in [0.05, 0.1) is 22.4 Å². The van der Waals surface area contributed by atoms with E-state index in [0.29, 0.717) is 23.0 Å². The molecule has 0 fully saturated rings. The highest BCUT2D eigenvalue weighted by molar-refractivity contribution is 9.13. The summed E-state index contributed by atoms with van der Waals surface area (Å²) in [6.07, 6.45) is 0. The Balaban J connectivity index is 1.61. The zero-order valence-electron chi connectivity index (χ0n) is 16.1. The van der Waals surface area contributed by atoms with Crippen molar-refractivity contribution in [1.29, 1.82) is 0 Å². The molecule has 0 amide bonds. The van der Waals surface area contributed by atoms with Crippen LogP contribution >= 0.6 is 79.6 Å². The third-order valence-corrected chi connectivity index (χ3v) is 9.02. The summed E-state index contributed by atoms with van der Waals surface area (Å²) in [7, 11) is 0. The van der Waals surface area contributed by atoms with Crippen molar-refractivity contribution < 1.29 is 14.2 Å². The van der Waals surface area contributed by atoms with Crippen LogP contribution in [0, 0.1) is 0 Å². The van der Waals surface area contributed by atoms with Gasteiger partial charge in [0.1, 0.15) is 28.7 Å². The van der Waals surface area contributed by atoms with Crippen molar-refractivity contribution in [2.45, 2.75) is 0 Å². The molecule has 0 heterocycles. The fourth-order valence-electron chi connectivity index (χ4n) is 2.74. The average molecular weight is 749 g/mol. The molecule has 0 unspecified atom stereocenters. The van der Waals surface area contributed by atoms with E-state index in [1.165, 1.54) is 0 Å². The van der Waals surface area contributed by atoms with E-state index in [1.807, 2.05) is 78.9 Å². The van der Waals surface area contributed by atoms with Crippen LogP contribution in [0.2, 0.25) is 0 Å². The number of halogens is 5. The maximum Gasteiger partial charge on any atom is 0.157 e. The predicted molar refractivity (Wildman–Crippen MR) is 144 cm³/mol. The van der Waals surface area contributed by atoms with Gasteiger partial charge in [-0.25, -0.2) is 0 Å². The second-order valence-corrected chi connectivity index (χ2v) is 10.5. The molecule has 4 aromatic carbocycles. The predicted octanol–water partition coefficient (Wildman–Crippen LogP) is 10.9. The van der Waals surface area contributed by atoms with Crippen molar-refractivity contribution in [3.8, 4) is 34.5 Å². The van der Waals surface area contributed by atoms with Gasteiger partial charge in [-0.1, -0.05) is 36.4 Å². The van der Waals surface area contributed by atoms with Gasteiger partial charge in [-0.2, -0.15) is 0 Å². The molecular weight excluding hydrogens is 736 g/mol. The maximum atomic E-state index is 6.20. The van der Waals surface area contributed by atoms with Crippen molar-refractivity contribution in [3.63, 3.8) is 0 Å². The minimum absolute atomic E-state index is 0.605. The third-order valence-electron chi connectivity index (χ3n) is 4.25. The quantitative estimate of drug-likeness (QED) is 0.184. The van der Waals surface area contributed by atoms with E-state index in [1.54, 1.807) is 0 Å². The van der Waals surface area contributed by atoms with Crippen LogP contribution in [0.5, 0.6) is 34.5 Å². The topological polar surface area (TPSA) is 27.7 Å². The first-order chi connectivity index (χ1) is 15.4. The van der Waals surface area contributed by atoms with Gasteiger partial charge in [0.2, 0.25) is 0 Å². The zero-order valence-corrected chi connectivity index (χ0v) is 24.1. The van der Waals surface area contributed by atoms with E-state index in [-0.39, 0.29) is 0 Å². The van der Waals surface area contributed by atoms with E-state index >= 15 is 0 Å². The first-order valence-corrected chi connectivity index (χ1v) is 13.2. The molecule has 0 aliphatic carbocycles. The Morgan fingerprint density at radius 2 is 0.906 bits per heavy atom. The number of para-hydroxylation sites is 2. The number of hydrogen-bond donors (Lipinski definition) is 0. The van der Waals surface area contributed by atoms with Crippen molar-refractivity contribution in [3.05, 3.63) is 101 Å². The molecule has 0 bridgehead atoms. The largest absolute Gasteiger partial charge is 0.456 e. The lowest BCUT2D eigenvalue weighted by Crippen LogP contribution is -1.93. The summed E-state index contributed by atoms with van der Waals surface area (Å²) >= 11 is 18.0.